The lowest BCUT2D eigenvalue weighted by Gasteiger charge is -2.11. The number of benzene rings is 1. The molecule has 1 N–H and O–H groups in total. The van der Waals surface area contributed by atoms with Gasteiger partial charge in [0.15, 0.2) is 6.29 Å². The normalized spacial score (nSPS) is 10.9. The number of hydrogen-bond acceptors (Lipinski definition) is 3. The fourth-order valence-corrected chi connectivity index (χ4v) is 1.43. The molecule has 0 unspecified atom stereocenters. The maximum Gasteiger partial charge on any atom is 0.387 e. The molecule has 4 nitrogen and oxygen atoms in total. The van der Waals surface area contributed by atoms with Crippen molar-refractivity contribution < 1.29 is 28.2 Å². The molecule has 0 saturated carbocycles. The second-order valence-corrected chi connectivity index (χ2v) is 3.42. The number of aliphatic carboxylic acids is 1. The van der Waals surface area contributed by atoms with E-state index in [2.05, 4.69) is 4.74 Å². The molecule has 0 radical (unpaired) electrons. The number of rotatable bonds is 5. The lowest BCUT2D eigenvalue weighted by Crippen LogP contribution is -2.06. The zero-order chi connectivity index (χ0) is 13.7. The average molecular weight is 256 g/mol. The van der Waals surface area contributed by atoms with E-state index in [4.69, 9.17) is 5.11 Å². The minimum absolute atomic E-state index is 0.0552. The largest absolute Gasteiger partial charge is 0.478 e. The van der Waals surface area contributed by atoms with Crippen molar-refractivity contribution in [1.82, 2.24) is 0 Å². The van der Waals surface area contributed by atoms with Crippen LogP contribution in [-0.2, 0) is 4.79 Å². The molecule has 0 amide bonds. The van der Waals surface area contributed by atoms with Gasteiger partial charge in [0.1, 0.15) is 5.75 Å². The van der Waals surface area contributed by atoms with Gasteiger partial charge in [-0.05, 0) is 36.3 Å². The minimum atomic E-state index is -3.03. The maximum atomic E-state index is 12.1. The molecule has 0 bridgehead atoms. The summed E-state index contributed by atoms with van der Waals surface area (Å²) < 4.78 is 28.5. The molecule has 0 fully saturated rings. The quantitative estimate of drug-likeness (QED) is 0.649. The van der Waals surface area contributed by atoms with E-state index in [9.17, 15) is 18.4 Å². The molecule has 1 rings (SSSR count). The van der Waals surface area contributed by atoms with E-state index in [0.717, 1.165) is 6.08 Å². The van der Waals surface area contributed by atoms with E-state index in [0.29, 0.717) is 17.4 Å². The topological polar surface area (TPSA) is 63.6 Å². The fraction of sp³-hybridized carbons (Fsp3) is 0.167. The van der Waals surface area contributed by atoms with Crippen LogP contribution in [0.5, 0.6) is 5.75 Å². The SMILES string of the molecule is Cc1cc(/C=C/C(=O)O)cc(C=O)c1OC(F)F. The Kier molecular flexibility index (Phi) is 4.53. The second-order valence-electron chi connectivity index (χ2n) is 3.42. The van der Waals surface area contributed by atoms with Gasteiger partial charge in [0.2, 0.25) is 0 Å². The van der Waals surface area contributed by atoms with Crippen LogP contribution in [0.3, 0.4) is 0 Å². The Morgan fingerprint density at radius 3 is 2.61 bits per heavy atom. The number of halogens is 2. The molecule has 0 heterocycles. The second kappa shape index (κ2) is 5.90. The Labute approximate surface area is 101 Å². The van der Waals surface area contributed by atoms with Crippen LogP contribution in [0.2, 0.25) is 0 Å². The van der Waals surface area contributed by atoms with E-state index in [1.165, 1.54) is 25.1 Å². The number of ether oxygens (including phenoxy) is 1. The predicted molar refractivity (Wildman–Crippen MR) is 59.9 cm³/mol. The van der Waals surface area contributed by atoms with Gasteiger partial charge in [-0.2, -0.15) is 8.78 Å². The smallest absolute Gasteiger partial charge is 0.387 e. The number of carboxylic acid groups (broad SMARTS) is 1. The van der Waals surface area contributed by atoms with Crippen LogP contribution in [-0.4, -0.2) is 24.0 Å². The monoisotopic (exact) mass is 256 g/mol. The molecule has 0 aliphatic carbocycles. The van der Waals surface area contributed by atoms with Gasteiger partial charge in [0.25, 0.3) is 0 Å². The predicted octanol–water partition coefficient (Wildman–Crippen LogP) is 2.51. The molecular weight excluding hydrogens is 246 g/mol. The average Bonchev–Trinajstić information content (AvgIpc) is 2.28. The third-order valence-electron chi connectivity index (χ3n) is 2.08. The minimum Gasteiger partial charge on any atom is -0.478 e. The van der Waals surface area contributed by atoms with Crippen LogP contribution >= 0.6 is 0 Å². The first-order valence-corrected chi connectivity index (χ1v) is 4.89. The number of carbonyl (C=O) groups is 2. The number of aryl methyl sites for hydroxylation is 1. The van der Waals surface area contributed by atoms with Crippen molar-refractivity contribution in [3.05, 3.63) is 34.9 Å². The van der Waals surface area contributed by atoms with E-state index in [1.807, 2.05) is 0 Å². The molecule has 18 heavy (non-hydrogen) atoms. The molecular formula is C12H10F2O4. The molecule has 1 aromatic carbocycles. The molecule has 0 atom stereocenters. The highest BCUT2D eigenvalue weighted by molar-refractivity contribution is 5.87. The fourth-order valence-electron chi connectivity index (χ4n) is 1.43. The van der Waals surface area contributed by atoms with Crippen LogP contribution in [0.15, 0.2) is 18.2 Å². The number of aldehydes is 1. The van der Waals surface area contributed by atoms with E-state index < -0.39 is 12.6 Å². The molecule has 0 spiro atoms. The van der Waals surface area contributed by atoms with Crippen molar-refractivity contribution in [2.24, 2.45) is 0 Å². The first-order valence-electron chi connectivity index (χ1n) is 4.89. The Bertz CT molecular complexity index is 495. The van der Waals surface area contributed by atoms with Gasteiger partial charge < -0.3 is 9.84 Å². The van der Waals surface area contributed by atoms with Crippen LogP contribution in [0, 0.1) is 6.92 Å². The van der Waals surface area contributed by atoms with Crippen LogP contribution in [0.1, 0.15) is 21.5 Å². The number of carboxylic acids is 1. The van der Waals surface area contributed by atoms with Gasteiger partial charge in [0, 0.05) is 6.08 Å². The van der Waals surface area contributed by atoms with Gasteiger partial charge in [-0.25, -0.2) is 4.79 Å². The summed E-state index contributed by atoms with van der Waals surface area (Å²) in [5.74, 6) is -1.35. The summed E-state index contributed by atoms with van der Waals surface area (Å²) in [4.78, 5) is 21.1. The zero-order valence-corrected chi connectivity index (χ0v) is 9.39. The number of alkyl halides is 2. The van der Waals surface area contributed by atoms with Crippen LogP contribution in [0.25, 0.3) is 6.08 Å². The first-order chi connectivity index (χ1) is 8.43. The highest BCUT2D eigenvalue weighted by Gasteiger charge is 2.13. The van der Waals surface area contributed by atoms with E-state index in [1.54, 1.807) is 0 Å². The van der Waals surface area contributed by atoms with Crippen LogP contribution in [0.4, 0.5) is 8.78 Å². The molecule has 96 valence electrons. The third kappa shape index (κ3) is 3.65. The van der Waals surface area contributed by atoms with Crippen LogP contribution < -0.4 is 4.74 Å². The highest BCUT2D eigenvalue weighted by Crippen LogP contribution is 2.26. The molecule has 0 aliphatic heterocycles. The lowest BCUT2D eigenvalue weighted by atomic mass is 10.1. The Morgan fingerprint density at radius 1 is 1.44 bits per heavy atom. The number of carbonyl (C=O) groups excluding carboxylic acids is 1. The van der Waals surface area contributed by atoms with E-state index in [-0.39, 0.29) is 11.3 Å². The first kappa shape index (κ1) is 13.8. The molecule has 1 aromatic rings. The summed E-state index contributed by atoms with van der Waals surface area (Å²) in [5.41, 5.74) is 0.684. The summed E-state index contributed by atoms with van der Waals surface area (Å²) in [5, 5.41) is 8.46. The summed E-state index contributed by atoms with van der Waals surface area (Å²) in [6.45, 7) is -1.54. The molecule has 0 aliphatic rings. The Hall–Kier alpha value is -2.24. The summed E-state index contributed by atoms with van der Waals surface area (Å²) in [6, 6.07) is 2.72. The van der Waals surface area contributed by atoms with Crippen molar-refractivity contribution in [3.8, 4) is 5.75 Å². The van der Waals surface area contributed by atoms with Gasteiger partial charge in [-0.15, -0.1) is 0 Å². The Balaban J connectivity index is 3.18. The maximum absolute atomic E-state index is 12.1. The standard InChI is InChI=1S/C12H10F2O4/c1-7-4-8(2-3-10(16)17)5-9(6-15)11(7)18-12(13)14/h2-6,12H,1H3,(H,16,17)/b3-2+. The van der Waals surface area contributed by atoms with Crippen molar-refractivity contribution in [2.75, 3.05) is 0 Å². The van der Waals surface area contributed by atoms with Gasteiger partial charge in [0.05, 0.1) is 5.56 Å². The highest BCUT2D eigenvalue weighted by atomic mass is 19.3. The van der Waals surface area contributed by atoms with Crippen molar-refractivity contribution in [1.29, 1.82) is 0 Å². The summed E-state index contributed by atoms with van der Waals surface area (Å²) >= 11 is 0. The molecule has 0 aromatic heterocycles. The Morgan fingerprint density at radius 2 is 2.11 bits per heavy atom. The zero-order valence-electron chi connectivity index (χ0n) is 9.39. The van der Waals surface area contributed by atoms with Gasteiger partial charge in [-0.3, -0.25) is 4.79 Å². The van der Waals surface area contributed by atoms with Gasteiger partial charge >= 0.3 is 12.6 Å². The molecule has 0 saturated heterocycles. The third-order valence-corrected chi connectivity index (χ3v) is 2.08. The summed E-state index contributed by atoms with van der Waals surface area (Å²) in [7, 11) is 0. The van der Waals surface area contributed by atoms with Crippen molar-refractivity contribution in [2.45, 2.75) is 13.5 Å². The van der Waals surface area contributed by atoms with E-state index >= 15 is 0 Å². The summed E-state index contributed by atoms with van der Waals surface area (Å²) in [6.07, 6.45) is 2.52. The lowest BCUT2D eigenvalue weighted by molar-refractivity contribution is -0.131. The molecule has 6 heteroatoms. The van der Waals surface area contributed by atoms with Crippen molar-refractivity contribution in [3.63, 3.8) is 0 Å². The van der Waals surface area contributed by atoms with Gasteiger partial charge in [-0.1, -0.05) is 0 Å². The number of hydrogen-bond donors (Lipinski definition) is 1. The van der Waals surface area contributed by atoms with Crippen molar-refractivity contribution >= 4 is 18.3 Å².